The summed E-state index contributed by atoms with van der Waals surface area (Å²) in [5.41, 5.74) is 0. The lowest BCUT2D eigenvalue weighted by Gasteiger charge is -2.27. The first-order chi connectivity index (χ1) is 35.4. The Kier molecular flexibility index (Phi) is 51.9. The first-order valence-electron chi connectivity index (χ1n) is 31.0. The maximum absolute atomic E-state index is 13.5. The molecule has 0 radical (unpaired) electrons. The number of likely N-dealkylation sites (N-methyl/N-ethyl adjacent to an activating group) is 1. The number of unbranched alkanes of at least 4 members (excludes halogenated alkanes) is 34. The van der Waals surface area contributed by atoms with Gasteiger partial charge in [-0.3, -0.25) is 18.6 Å². The zero-order valence-corrected chi connectivity index (χ0v) is 49.8. The molecule has 73 heavy (non-hydrogen) atoms. The number of hydrogen-bond acceptors (Lipinski definition) is 6. The van der Waals surface area contributed by atoms with Gasteiger partial charge in [-0.25, -0.2) is 4.57 Å². The van der Waals surface area contributed by atoms with Crippen LogP contribution in [0, 0.1) is 0 Å². The minimum atomic E-state index is -4.45. The number of amides is 1. The summed E-state index contributed by atoms with van der Waals surface area (Å²) in [4.78, 5) is 37.7. The standard InChI is InChI=1S/C63H119N2O7P/c1-7-10-13-16-19-22-25-28-30-31-32-33-35-38-41-44-47-50-53-56-63(67)72-61(54-51-48-45-42-39-36-27-24-21-18-15-12-9-3)60(59-71-73(68,69)70-58-57-65(4,5)6)64-62(66)55-52-49-46-43-40-37-34-29-26-23-20-17-14-11-8-2/h19,22-23,26,28,30,51,54,60-61H,7-18,20-21,24-25,27,29,31-50,52-53,55-59H2,1-6H3,(H-,64,66,68,69)/p+1/b22-19-,26-23-,30-28-,54-51+. The number of ether oxygens (including phenoxy) is 1. The van der Waals surface area contributed by atoms with Gasteiger partial charge in [-0.2, -0.15) is 0 Å². The molecule has 0 aliphatic carbocycles. The van der Waals surface area contributed by atoms with Crippen LogP contribution >= 0.6 is 7.82 Å². The third kappa shape index (κ3) is 54.6. The molecule has 0 aromatic rings. The van der Waals surface area contributed by atoms with Crippen LogP contribution < -0.4 is 5.32 Å². The van der Waals surface area contributed by atoms with E-state index in [1.807, 2.05) is 33.3 Å². The second-order valence-corrected chi connectivity index (χ2v) is 23.7. The predicted octanol–water partition coefficient (Wildman–Crippen LogP) is 18.9. The van der Waals surface area contributed by atoms with Gasteiger partial charge < -0.3 is 19.4 Å². The van der Waals surface area contributed by atoms with Crippen molar-refractivity contribution in [2.24, 2.45) is 0 Å². The monoisotopic (exact) mass is 1050 g/mol. The molecule has 9 nitrogen and oxygen atoms in total. The quantitative estimate of drug-likeness (QED) is 0.0205. The molecule has 0 spiro atoms. The molecule has 3 unspecified atom stereocenters. The molecule has 0 saturated heterocycles. The average Bonchev–Trinajstić information content (AvgIpc) is 3.35. The van der Waals surface area contributed by atoms with Crippen LogP contribution in [0.25, 0.3) is 0 Å². The largest absolute Gasteiger partial charge is 0.472 e. The van der Waals surface area contributed by atoms with Gasteiger partial charge >= 0.3 is 13.8 Å². The van der Waals surface area contributed by atoms with Crippen molar-refractivity contribution >= 4 is 19.7 Å². The van der Waals surface area contributed by atoms with E-state index in [9.17, 15) is 19.0 Å². The van der Waals surface area contributed by atoms with Gasteiger partial charge in [0.25, 0.3) is 0 Å². The van der Waals surface area contributed by atoms with Gasteiger partial charge in [-0.05, 0) is 89.5 Å². The molecule has 428 valence electrons. The summed E-state index contributed by atoms with van der Waals surface area (Å²) in [7, 11) is 1.50. The van der Waals surface area contributed by atoms with Crippen molar-refractivity contribution in [2.75, 3.05) is 40.9 Å². The SMILES string of the molecule is CCCCC/C=C\C/C=C\CCCCCCCCCCCC(=O)OC(/C=C/CCCCCCCCCCCCC)C(COP(=O)(O)OCC[N+](C)(C)C)NC(=O)CCCCCCCCC/C=C\CCCCCC. The third-order valence-corrected chi connectivity index (χ3v) is 14.7. The normalized spacial score (nSPS) is 14.0. The van der Waals surface area contributed by atoms with Crippen molar-refractivity contribution in [2.45, 2.75) is 303 Å². The predicted molar refractivity (Wildman–Crippen MR) is 314 cm³/mol. The fourth-order valence-electron chi connectivity index (χ4n) is 8.91. The first-order valence-corrected chi connectivity index (χ1v) is 32.5. The molecule has 1 amide bonds. The fraction of sp³-hybridized carbons (Fsp3) is 0.841. The van der Waals surface area contributed by atoms with E-state index >= 15 is 0 Å². The van der Waals surface area contributed by atoms with Crippen LogP contribution in [0.1, 0.15) is 290 Å². The van der Waals surface area contributed by atoms with E-state index < -0.39 is 20.0 Å². The molecular formula is C63H120N2O7P+. The summed E-state index contributed by atoms with van der Waals surface area (Å²) in [5, 5.41) is 3.06. The molecule has 0 rings (SSSR count). The number of carbonyl (C=O) groups excluding carboxylic acids is 2. The van der Waals surface area contributed by atoms with Gasteiger partial charge in [-0.15, -0.1) is 0 Å². The van der Waals surface area contributed by atoms with Crippen LogP contribution in [0.4, 0.5) is 0 Å². The summed E-state index contributed by atoms with van der Waals surface area (Å²) < 4.78 is 30.7. The van der Waals surface area contributed by atoms with Crippen molar-refractivity contribution in [3.05, 3.63) is 48.6 Å². The Bertz CT molecular complexity index is 1390. The Morgan fingerprint density at radius 1 is 0.479 bits per heavy atom. The Hall–Kier alpha value is -2.03. The van der Waals surface area contributed by atoms with Gasteiger partial charge in [-0.1, -0.05) is 237 Å². The number of carbonyl (C=O) groups is 2. The van der Waals surface area contributed by atoms with Gasteiger partial charge in [0, 0.05) is 12.8 Å². The van der Waals surface area contributed by atoms with E-state index in [0.29, 0.717) is 17.4 Å². The van der Waals surface area contributed by atoms with Gasteiger partial charge in [0.05, 0.1) is 33.8 Å². The molecule has 10 heteroatoms. The molecule has 0 saturated carbocycles. The maximum atomic E-state index is 13.5. The van der Waals surface area contributed by atoms with Crippen LogP contribution in [0.15, 0.2) is 48.6 Å². The lowest BCUT2D eigenvalue weighted by atomic mass is 10.0. The lowest BCUT2D eigenvalue weighted by Crippen LogP contribution is -2.47. The highest BCUT2D eigenvalue weighted by Gasteiger charge is 2.30. The summed E-state index contributed by atoms with van der Waals surface area (Å²) in [6.45, 7) is 6.99. The zero-order chi connectivity index (χ0) is 53.6. The zero-order valence-electron chi connectivity index (χ0n) is 48.9. The van der Waals surface area contributed by atoms with Gasteiger partial charge in [0.1, 0.15) is 19.3 Å². The molecule has 0 fully saturated rings. The number of esters is 1. The molecule has 0 aromatic heterocycles. The van der Waals surface area contributed by atoms with Crippen molar-refractivity contribution in [3.8, 4) is 0 Å². The molecule has 0 heterocycles. The number of phosphoric acid groups is 1. The Morgan fingerprint density at radius 3 is 1.29 bits per heavy atom. The van der Waals surface area contributed by atoms with Crippen molar-refractivity contribution in [1.29, 1.82) is 0 Å². The molecule has 0 aromatic carbocycles. The minimum absolute atomic E-state index is 0.0391. The van der Waals surface area contributed by atoms with E-state index in [-0.39, 0.29) is 31.5 Å². The maximum Gasteiger partial charge on any atom is 0.472 e. The first kappa shape index (κ1) is 71.0. The second kappa shape index (κ2) is 53.4. The number of phosphoric ester groups is 1. The van der Waals surface area contributed by atoms with E-state index in [1.165, 1.54) is 180 Å². The highest BCUT2D eigenvalue weighted by molar-refractivity contribution is 7.47. The fourth-order valence-corrected chi connectivity index (χ4v) is 9.64. The smallest absolute Gasteiger partial charge is 0.456 e. The number of quaternary nitrogens is 1. The molecular weight excluding hydrogens is 928 g/mol. The summed E-state index contributed by atoms with van der Waals surface area (Å²) in [5.74, 6) is -0.507. The van der Waals surface area contributed by atoms with Crippen molar-refractivity contribution < 1.29 is 37.3 Å². The Morgan fingerprint density at radius 2 is 0.836 bits per heavy atom. The van der Waals surface area contributed by atoms with Crippen molar-refractivity contribution in [1.82, 2.24) is 5.32 Å². The third-order valence-electron chi connectivity index (χ3n) is 13.7. The number of nitrogens with one attached hydrogen (secondary N) is 1. The highest BCUT2D eigenvalue weighted by Crippen LogP contribution is 2.43. The second-order valence-electron chi connectivity index (χ2n) is 22.2. The van der Waals surface area contributed by atoms with Crippen LogP contribution in [-0.2, 0) is 27.9 Å². The average molecular weight is 1050 g/mol. The Labute approximate surface area is 452 Å². The lowest BCUT2D eigenvalue weighted by molar-refractivity contribution is -0.870. The number of rotatable bonds is 56. The molecule has 0 aliphatic heterocycles. The molecule has 0 bridgehead atoms. The van der Waals surface area contributed by atoms with E-state index in [4.69, 9.17) is 13.8 Å². The number of nitrogens with zero attached hydrogens (tertiary/aromatic N) is 1. The summed E-state index contributed by atoms with van der Waals surface area (Å²) >= 11 is 0. The molecule has 2 N–H and O–H groups in total. The summed E-state index contributed by atoms with van der Waals surface area (Å²) in [6.07, 6.45) is 65.2. The van der Waals surface area contributed by atoms with E-state index in [0.717, 1.165) is 77.0 Å². The van der Waals surface area contributed by atoms with Crippen LogP contribution in [-0.4, -0.2) is 74.3 Å². The van der Waals surface area contributed by atoms with Gasteiger partial charge in [0.2, 0.25) is 5.91 Å². The number of allylic oxidation sites excluding steroid dienone is 7. The van der Waals surface area contributed by atoms with Gasteiger partial charge in [0.15, 0.2) is 0 Å². The van der Waals surface area contributed by atoms with Crippen molar-refractivity contribution in [3.63, 3.8) is 0 Å². The topological polar surface area (TPSA) is 111 Å². The number of hydrogen-bond donors (Lipinski definition) is 2. The highest BCUT2D eigenvalue weighted by atomic mass is 31.2. The van der Waals surface area contributed by atoms with Crippen LogP contribution in [0.2, 0.25) is 0 Å². The molecule has 3 atom stereocenters. The summed E-state index contributed by atoms with van der Waals surface area (Å²) in [6, 6.07) is -0.851. The van der Waals surface area contributed by atoms with E-state index in [1.54, 1.807) is 0 Å². The molecule has 0 aliphatic rings. The van der Waals surface area contributed by atoms with E-state index in [2.05, 4.69) is 62.5 Å². The van der Waals surface area contributed by atoms with Crippen LogP contribution in [0.3, 0.4) is 0 Å². The minimum Gasteiger partial charge on any atom is -0.456 e. The van der Waals surface area contributed by atoms with Crippen LogP contribution in [0.5, 0.6) is 0 Å². The Balaban J connectivity index is 5.29.